The number of nitrogens with one attached hydrogen (secondary N) is 3. The second-order valence-corrected chi connectivity index (χ2v) is 27.3. The van der Waals surface area contributed by atoms with Gasteiger partial charge in [-0.15, -0.1) is 0 Å². The molecule has 29 nitrogen and oxygen atoms in total. The van der Waals surface area contributed by atoms with E-state index in [1.54, 1.807) is 30.3 Å². The second-order valence-electron chi connectivity index (χ2n) is 26.3. The number of likely N-dealkylation sites (N-methyl/N-ethyl adjacent to an activating group) is 2. The smallest absolute Gasteiger partial charge is 0.446 e. The predicted molar refractivity (Wildman–Crippen MR) is 385 cm³/mol. The van der Waals surface area contributed by atoms with Gasteiger partial charge < -0.3 is 69.9 Å². The van der Waals surface area contributed by atoms with E-state index in [0.717, 1.165) is 61.2 Å². The molecule has 0 saturated carbocycles. The summed E-state index contributed by atoms with van der Waals surface area (Å²) in [7, 11) is -2.33. The molecule has 2 aromatic carbocycles. The zero-order valence-corrected chi connectivity index (χ0v) is 62.2. The molecule has 0 aliphatic carbocycles. The maximum Gasteiger partial charge on any atom is 0.446 e. The lowest BCUT2D eigenvalue weighted by molar-refractivity contribution is -0.153. The van der Waals surface area contributed by atoms with Gasteiger partial charge in [-0.05, 0) is 61.8 Å². The number of Topliss-reactive ketones (excluding diaryl/α,β-unsaturated/α-hetero) is 3. The Morgan fingerprint density at radius 2 is 1.01 bits per heavy atom. The highest BCUT2D eigenvalue weighted by Gasteiger charge is 2.39. The van der Waals surface area contributed by atoms with E-state index in [1.165, 1.54) is 70.5 Å². The summed E-state index contributed by atoms with van der Waals surface area (Å²) in [4.78, 5) is 158. The number of unbranched alkanes of at least 4 members (excludes halogenated alkanes) is 15. The molecule has 0 aliphatic rings. The largest absolute Gasteiger partial charge is 0.481 e. The summed E-state index contributed by atoms with van der Waals surface area (Å²) in [6, 6.07) is 8.50. The first-order valence-electron chi connectivity index (χ1n) is 36.7. The SMILES string of the molecule is CCCC[C@H](CC(=O)[C@H](CCCC)NC(=O)[C@H](Cc1ccc(OS(=O)(=O)O)cc1)NC(=O)COCCOCCCC(=O)COCCOCCNC(=O)CC[C@H](CC(=O)CCCCCCCCCCCCCCCCC(=O)O)C(=O)O)C(=O)N(C)[C@H](CC(=O)O)C(=O)N(C)[C@@H](Cc1ccccc1)C(N)=O. The van der Waals surface area contributed by atoms with Crippen molar-refractivity contribution in [2.75, 3.05) is 73.5 Å². The van der Waals surface area contributed by atoms with Gasteiger partial charge in [0.15, 0.2) is 11.6 Å². The molecule has 2 aromatic rings. The summed E-state index contributed by atoms with van der Waals surface area (Å²) in [6.45, 7) is 3.72. The van der Waals surface area contributed by atoms with Crippen LogP contribution in [-0.2, 0) is 99.7 Å². The standard InChI is InChI=1S/C74H116N6O23S/c1-5-7-29-56(72(92)80(4)64(51-69(88)89)73(93)79(3)63(70(75)90)48-54-27-22-21-23-28-54)50-65(83)61(32-8-6-2)78-71(91)62(47-55-34-37-60(38-35-55)103-104(96,97)98)77-67(85)53-102-46-43-99-41-26-31-59(82)52-101-45-44-100-42-40-76-66(84)39-36-57(74(94)95)49-58(81)30-24-19-17-15-13-11-9-10-12-14-16-18-20-25-33-68(86)87/h21-23,27-28,34-35,37-38,56-57,61-64H,5-20,24-26,29-33,36,39-53H2,1-4H3,(H2,75,90)(H,76,84)(H,77,85)(H,78,91)(H,86,87)(H,88,89)(H,94,95)(H,96,97,98)/t56-,57-,61+,62+,63+,64-/m1/s1. The highest BCUT2D eigenvalue weighted by molar-refractivity contribution is 7.81. The Balaban J connectivity index is 1.82. The van der Waals surface area contributed by atoms with Gasteiger partial charge in [0.05, 0.1) is 51.4 Å². The van der Waals surface area contributed by atoms with Gasteiger partial charge in [-0.1, -0.05) is 159 Å². The van der Waals surface area contributed by atoms with E-state index in [2.05, 4.69) is 20.1 Å². The quantitative estimate of drug-likeness (QED) is 0.0235. The minimum absolute atomic E-state index is 0.00989. The fraction of sp³-hybridized carbons (Fsp3) is 0.676. The maximum absolute atomic E-state index is 14.5. The third-order valence-corrected chi connectivity index (χ3v) is 18.0. The fourth-order valence-electron chi connectivity index (χ4n) is 11.6. The van der Waals surface area contributed by atoms with Crippen LogP contribution in [0.2, 0.25) is 0 Å². The molecule has 0 bridgehead atoms. The molecular formula is C74H116N6O23S. The van der Waals surface area contributed by atoms with Gasteiger partial charge >= 0.3 is 28.3 Å². The molecular weight excluding hydrogens is 1370 g/mol. The Kier molecular flexibility index (Phi) is 48.6. The Morgan fingerprint density at radius 1 is 0.481 bits per heavy atom. The van der Waals surface area contributed by atoms with Gasteiger partial charge in [-0.25, -0.2) is 0 Å². The van der Waals surface area contributed by atoms with Crippen molar-refractivity contribution in [1.82, 2.24) is 25.8 Å². The number of carbonyl (C=O) groups is 12. The number of ether oxygens (including phenoxy) is 4. The molecule has 9 N–H and O–H groups in total. The number of benzene rings is 2. The van der Waals surface area contributed by atoms with Crippen molar-refractivity contribution < 1.29 is 109 Å². The van der Waals surface area contributed by atoms with Gasteiger partial charge in [0.1, 0.15) is 42.9 Å². The number of ketones is 3. The molecule has 0 heterocycles. The normalized spacial score (nSPS) is 13.1. The number of carboxylic acid groups (broad SMARTS) is 3. The zero-order valence-electron chi connectivity index (χ0n) is 61.4. The molecule has 30 heteroatoms. The lowest BCUT2D eigenvalue weighted by Crippen LogP contribution is -2.56. The van der Waals surface area contributed by atoms with E-state index < -0.39 is 119 Å². The van der Waals surface area contributed by atoms with Crippen molar-refractivity contribution in [2.24, 2.45) is 17.6 Å². The van der Waals surface area contributed by atoms with Crippen molar-refractivity contribution in [3.63, 3.8) is 0 Å². The third kappa shape index (κ3) is 43.5. The van der Waals surface area contributed by atoms with Crippen LogP contribution in [0, 0.1) is 11.8 Å². The number of nitrogens with zero attached hydrogens (tertiary/aromatic N) is 2. The molecule has 0 aromatic heterocycles. The first-order chi connectivity index (χ1) is 49.6. The first-order valence-corrected chi connectivity index (χ1v) is 38.0. The van der Waals surface area contributed by atoms with Crippen LogP contribution in [0.4, 0.5) is 0 Å². The average molecular weight is 1490 g/mol. The highest BCUT2D eigenvalue weighted by Crippen LogP contribution is 2.24. The van der Waals surface area contributed by atoms with E-state index in [4.69, 9.17) is 29.8 Å². The first kappa shape index (κ1) is 92.3. The Hall–Kier alpha value is -7.77. The molecule has 586 valence electrons. The molecule has 0 unspecified atom stereocenters. The summed E-state index contributed by atoms with van der Waals surface area (Å²) < 4.78 is 58.4. The van der Waals surface area contributed by atoms with Crippen LogP contribution in [-0.4, -0.2) is 206 Å². The highest BCUT2D eigenvalue weighted by atomic mass is 32.3. The second kappa shape index (κ2) is 54.8. The third-order valence-electron chi connectivity index (χ3n) is 17.5. The molecule has 6 amide bonds. The zero-order chi connectivity index (χ0) is 77.1. The predicted octanol–water partition coefficient (Wildman–Crippen LogP) is 7.49. The van der Waals surface area contributed by atoms with Gasteiger partial charge in [0, 0.05) is 84.5 Å². The number of rotatable bonds is 65. The van der Waals surface area contributed by atoms with Gasteiger partial charge in [0.2, 0.25) is 35.4 Å². The summed E-state index contributed by atoms with van der Waals surface area (Å²) in [5.74, 6) is -10.8. The van der Waals surface area contributed by atoms with Crippen molar-refractivity contribution in [2.45, 2.75) is 237 Å². The number of carboxylic acids is 3. The number of carbonyl (C=O) groups excluding carboxylic acids is 9. The summed E-state index contributed by atoms with van der Waals surface area (Å²) in [5, 5.41) is 36.4. The van der Waals surface area contributed by atoms with Crippen LogP contribution in [0.3, 0.4) is 0 Å². The molecule has 0 spiro atoms. The van der Waals surface area contributed by atoms with Crippen LogP contribution in [0.15, 0.2) is 54.6 Å². The number of hydrogen-bond donors (Lipinski definition) is 8. The van der Waals surface area contributed by atoms with Gasteiger partial charge in [0.25, 0.3) is 0 Å². The lowest BCUT2D eigenvalue weighted by atomic mass is 9.90. The molecule has 104 heavy (non-hydrogen) atoms. The fourth-order valence-corrected chi connectivity index (χ4v) is 11.9. The number of amides is 6. The molecule has 0 aliphatic heterocycles. The van der Waals surface area contributed by atoms with Crippen LogP contribution in [0.25, 0.3) is 0 Å². The number of primary amides is 1. The number of hydrogen-bond acceptors (Lipinski definition) is 19. The summed E-state index contributed by atoms with van der Waals surface area (Å²) >= 11 is 0. The molecule has 6 atom stereocenters. The topological polar surface area (TPSA) is 435 Å². The Bertz CT molecular complexity index is 3030. The maximum atomic E-state index is 14.5. The van der Waals surface area contributed by atoms with Crippen molar-refractivity contribution in [3.05, 3.63) is 65.7 Å². The molecule has 2 rings (SSSR count). The average Bonchev–Trinajstić information content (AvgIpc) is 0.820. The minimum atomic E-state index is -4.87. The van der Waals surface area contributed by atoms with Gasteiger partial charge in [-0.3, -0.25) is 62.1 Å². The van der Waals surface area contributed by atoms with Crippen LogP contribution >= 0.6 is 0 Å². The van der Waals surface area contributed by atoms with Crippen LogP contribution in [0.5, 0.6) is 5.75 Å². The monoisotopic (exact) mass is 1490 g/mol. The molecule has 0 fully saturated rings. The van der Waals surface area contributed by atoms with E-state index in [1.807, 2.05) is 13.8 Å². The van der Waals surface area contributed by atoms with E-state index in [9.17, 15) is 80.7 Å². The van der Waals surface area contributed by atoms with Crippen molar-refractivity contribution >= 4 is 81.1 Å². The van der Waals surface area contributed by atoms with Gasteiger partial charge in [-0.2, -0.15) is 8.42 Å². The lowest BCUT2D eigenvalue weighted by Gasteiger charge is -2.35. The summed E-state index contributed by atoms with van der Waals surface area (Å²) in [5.41, 5.74) is 6.79. The van der Waals surface area contributed by atoms with E-state index in [-0.39, 0.29) is 134 Å². The summed E-state index contributed by atoms with van der Waals surface area (Å²) in [6.07, 6.45) is 16.7. The van der Waals surface area contributed by atoms with Crippen molar-refractivity contribution in [1.29, 1.82) is 0 Å². The minimum Gasteiger partial charge on any atom is -0.481 e. The Labute approximate surface area is 612 Å². The van der Waals surface area contributed by atoms with E-state index in [0.29, 0.717) is 56.1 Å². The Morgan fingerprint density at radius 3 is 1.57 bits per heavy atom. The van der Waals surface area contributed by atoms with Crippen LogP contribution in [0.1, 0.15) is 211 Å². The molecule has 0 radical (unpaired) electrons. The van der Waals surface area contributed by atoms with Crippen molar-refractivity contribution in [3.8, 4) is 5.75 Å². The molecule has 0 saturated heterocycles. The number of aliphatic carboxylic acids is 3. The van der Waals surface area contributed by atoms with Crippen LogP contribution < -0.4 is 25.9 Å². The number of nitrogens with two attached hydrogens (primary N) is 1. The van der Waals surface area contributed by atoms with E-state index >= 15 is 0 Å².